The van der Waals surface area contributed by atoms with E-state index in [0.29, 0.717) is 5.69 Å². The maximum atomic E-state index is 11.4. The van der Waals surface area contributed by atoms with Gasteiger partial charge in [-0.15, -0.1) is 0 Å². The summed E-state index contributed by atoms with van der Waals surface area (Å²) < 4.78 is 26.4. The van der Waals surface area contributed by atoms with Crippen molar-refractivity contribution in [2.45, 2.75) is 11.8 Å². The molecule has 13 heavy (non-hydrogen) atoms. The van der Waals surface area contributed by atoms with Gasteiger partial charge in [-0.1, -0.05) is 0 Å². The molecule has 6 nitrogen and oxygen atoms in total. The van der Waals surface area contributed by atoms with Gasteiger partial charge in [-0.25, -0.2) is 13.1 Å². The molecule has 7 heteroatoms. The number of anilines is 1. The Bertz CT molecular complexity index is 420. The van der Waals surface area contributed by atoms with Gasteiger partial charge in [-0.2, -0.15) is 5.10 Å². The number of nitrogens with two attached hydrogens (primary N) is 1. The molecule has 0 fully saturated rings. The Hall–Kier alpha value is -1.08. The van der Waals surface area contributed by atoms with E-state index in [2.05, 4.69) is 9.82 Å². The maximum Gasteiger partial charge on any atom is 0.245 e. The molecule has 1 rings (SSSR count). The lowest BCUT2D eigenvalue weighted by atomic mass is 10.5. The minimum Gasteiger partial charge on any atom is -0.381 e. The molecular formula is C6H12N4O2S. The number of hydrogen-bond donors (Lipinski definition) is 2. The molecule has 0 aromatic carbocycles. The molecule has 0 aliphatic carbocycles. The minimum atomic E-state index is -3.50. The number of sulfonamides is 1. The topological polar surface area (TPSA) is 90.0 Å². The highest BCUT2D eigenvalue weighted by Gasteiger charge is 2.22. The lowest BCUT2D eigenvalue weighted by molar-refractivity contribution is 0.587. The second kappa shape index (κ2) is 3.00. The van der Waals surface area contributed by atoms with E-state index >= 15 is 0 Å². The molecule has 0 amide bonds. The van der Waals surface area contributed by atoms with E-state index in [1.54, 1.807) is 14.0 Å². The number of nitrogens with one attached hydrogen (secondary N) is 1. The maximum absolute atomic E-state index is 11.4. The van der Waals surface area contributed by atoms with E-state index in [-0.39, 0.29) is 10.7 Å². The highest BCUT2D eigenvalue weighted by molar-refractivity contribution is 7.89. The summed E-state index contributed by atoms with van der Waals surface area (Å²) in [6.45, 7) is 1.65. The van der Waals surface area contributed by atoms with Crippen molar-refractivity contribution in [2.24, 2.45) is 7.05 Å². The van der Waals surface area contributed by atoms with Crippen LogP contribution in [-0.4, -0.2) is 25.2 Å². The van der Waals surface area contributed by atoms with Crippen LogP contribution in [0.4, 0.5) is 5.82 Å². The second-order valence-electron chi connectivity index (χ2n) is 2.63. The molecule has 1 aromatic heterocycles. The first kappa shape index (κ1) is 10.0. The highest BCUT2D eigenvalue weighted by atomic mass is 32.2. The standard InChI is InChI=1S/C6H12N4O2S/c1-4-5(13(11,12)8-2)6(7)9-10(4)3/h8H,1-3H3,(H2,7,9). The molecule has 0 bridgehead atoms. The number of nitrogens with zero attached hydrogens (tertiary/aromatic N) is 2. The molecule has 0 spiro atoms. The largest absolute Gasteiger partial charge is 0.381 e. The van der Waals surface area contributed by atoms with Crippen molar-refractivity contribution in [1.82, 2.24) is 14.5 Å². The first-order valence-electron chi connectivity index (χ1n) is 3.62. The third kappa shape index (κ3) is 1.52. The first-order valence-corrected chi connectivity index (χ1v) is 5.11. The number of rotatable bonds is 2. The van der Waals surface area contributed by atoms with Gasteiger partial charge in [-0.3, -0.25) is 4.68 Å². The van der Waals surface area contributed by atoms with Crippen molar-refractivity contribution in [3.63, 3.8) is 0 Å². The lowest BCUT2D eigenvalue weighted by Crippen LogP contribution is -2.20. The van der Waals surface area contributed by atoms with E-state index in [1.165, 1.54) is 11.7 Å². The molecule has 1 heterocycles. The van der Waals surface area contributed by atoms with Crippen molar-refractivity contribution in [3.05, 3.63) is 5.69 Å². The van der Waals surface area contributed by atoms with E-state index in [4.69, 9.17) is 5.73 Å². The SMILES string of the molecule is CNS(=O)(=O)c1c(N)nn(C)c1C. The molecule has 0 saturated carbocycles. The summed E-state index contributed by atoms with van der Waals surface area (Å²) in [5.74, 6) is 0.0225. The quantitative estimate of drug-likeness (QED) is 0.661. The summed E-state index contributed by atoms with van der Waals surface area (Å²) in [5, 5.41) is 3.80. The van der Waals surface area contributed by atoms with Gasteiger partial charge in [0, 0.05) is 7.05 Å². The highest BCUT2D eigenvalue weighted by Crippen LogP contribution is 2.20. The molecule has 0 atom stereocenters. The van der Waals surface area contributed by atoms with Crippen LogP contribution in [0.5, 0.6) is 0 Å². The summed E-state index contributed by atoms with van der Waals surface area (Å²) in [6.07, 6.45) is 0. The first-order chi connectivity index (χ1) is 5.90. The molecule has 0 aliphatic heterocycles. The van der Waals surface area contributed by atoms with Crippen LogP contribution in [0.2, 0.25) is 0 Å². The van der Waals surface area contributed by atoms with Gasteiger partial charge < -0.3 is 5.73 Å². The number of nitrogen functional groups attached to an aromatic ring is 1. The van der Waals surface area contributed by atoms with Crippen LogP contribution >= 0.6 is 0 Å². The molecule has 0 unspecified atom stereocenters. The Morgan fingerprint density at radius 3 is 2.38 bits per heavy atom. The Balaban J connectivity index is 3.47. The Labute approximate surface area is 76.8 Å². The minimum absolute atomic E-state index is 0.0225. The van der Waals surface area contributed by atoms with Crippen molar-refractivity contribution in [3.8, 4) is 0 Å². The predicted octanol–water partition coefficient (Wildman–Crippen LogP) is -0.781. The zero-order chi connectivity index (χ0) is 10.2. The number of aromatic nitrogens is 2. The van der Waals surface area contributed by atoms with Crippen LogP contribution in [-0.2, 0) is 17.1 Å². The van der Waals surface area contributed by atoms with E-state index in [0.717, 1.165) is 0 Å². The molecule has 0 saturated heterocycles. The summed E-state index contributed by atoms with van der Waals surface area (Å²) in [6, 6.07) is 0. The zero-order valence-corrected chi connectivity index (χ0v) is 8.51. The van der Waals surface area contributed by atoms with Gasteiger partial charge in [0.25, 0.3) is 0 Å². The number of aryl methyl sites for hydroxylation is 1. The van der Waals surface area contributed by atoms with Gasteiger partial charge in [0.15, 0.2) is 5.82 Å². The molecule has 74 valence electrons. The Morgan fingerprint density at radius 2 is 2.08 bits per heavy atom. The van der Waals surface area contributed by atoms with Gasteiger partial charge in [0.2, 0.25) is 10.0 Å². The van der Waals surface area contributed by atoms with Gasteiger partial charge in [-0.05, 0) is 14.0 Å². The zero-order valence-electron chi connectivity index (χ0n) is 7.70. The normalized spacial score (nSPS) is 11.9. The van der Waals surface area contributed by atoms with Gasteiger partial charge in [0.05, 0.1) is 5.69 Å². The monoisotopic (exact) mass is 204 g/mol. The summed E-state index contributed by atoms with van der Waals surface area (Å²) in [7, 11) is -0.523. The van der Waals surface area contributed by atoms with Crippen LogP contribution in [0.1, 0.15) is 5.69 Å². The average Bonchev–Trinajstić information content (AvgIpc) is 2.27. The summed E-state index contributed by atoms with van der Waals surface area (Å²) >= 11 is 0. The summed E-state index contributed by atoms with van der Waals surface area (Å²) in [5.41, 5.74) is 5.97. The molecule has 3 N–H and O–H groups in total. The molecule has 0 radical (unpaired) electrons. The Morgan fingerprint density at radius 1 is 1.54 bits per heavy atom. The fraction of sp³-hybridized carbons (Fsp3) is 0.500. The van der Waals surface area contributed by atoms with Crippen molar-refractivity contribution in [2.75, 3.05) is 12.8 Å². The van der Waals surface area contributed by atoms with Crippen molar-refractivity contribution >= 4 is 15.8 Å². The van der Waals surface area contributed by atoms with Crippen LogP contribution in [0.25, 0.3) is 0 Å². The molecule has 1 aromatic rings. The third-order valence-electron chi connectivity index (χ3n) is 1.84. The van der Waals surface area contributed by atoms with Gasteiger partial charge >= 0.3 is 0 Å². The summed E-state index contributed by atoms with van der Waals surface area (Å²) in [4.78, 5) is 0.0532. The molecular weight excluding hydrogens is 192 g/mol. The Kier molecular flexibility index (Phi) is 2.31. The van der Waals surface area contributed by atoms with E-state index in [9.17, 15) is 8.42 Å². The van der Waals surface area contributed by atoms with Crippen molar-refractivity contribution in [1.29, 1.82) is 0 Å². The molecule has 0 aliphatic rings. The lowest BCUT2D eigenvalue weighted by Gasteiger charge is -2.01. The van der Waals surface area contributed by atoms with Crippen LogP contribution in [0.3, 0.4) is 0 Å². The fourth-order valence-electron chi connectivity index (χ4n) is 1.05. The van der Waals surface area contributed by atoms with Crippen LogP contribution in [0, 0.1) is 6.92 Å². The fourth-order valence-corrected chi connectivity index (χ4v) is 2.09. The second-order valence-corrected chi connectivity index (χ2v) is 4.45. The third-order valence-corrected chi connectivity index (χ3v) is 3.42. The smallest absolute Gasteiger partial charge is 0.245 e. The van der Waals surface area contributed by atoms with Gasteiger partial charge in [0.1, 0.15) is 4.90 Å². The predicted molar refractivity (Wildman–Crippen MR) is 48.6 cm³/mol. The van der Waals surface area contributed by atoms with Crippen LogP contribution in [0.15, 0.2) is 4.90 Å². The average molecular weight is 204 g/mol. The van der Waals surface area contributed by atoms with Crippen LogP contribution < -0.4 is 10.5 Å². The number of hydrogen-bond acceptors (Lipinski definition) is 4. The van der Waals surface area contributed by atoms with E-state index < -0.39 is 10.0 Å². The van der Waals surface area contributed by atoms with Crippen molar-refractivity contribution < 1.29 is 8.42 Å². The van der Waals surface area contributed by atoms with E-state index in [1.807, 2.05) is 0 Å².